The van der Waals surface area contributed by atoms with Crippen LogP contribution in [-0.4, -0.2) is 67.5 Å². The fraction of sp³-hybridized carbons (Fsp3) is 0.435. The first-order valence-corrected chi connectivity index (χ1v) is 10.8. The minimum atomic E-state index is -0.160. The topological polar surface area (TPSA) is 68.8 Å². The molecule has 30 heavy (non-hydrogen) atoms. The van der Waals surface area contributed by atoms with Gasteiger partial charge in [-0.3, -0.25) is 9.59 Å². The van der Waals surface area contributed by atoms with E-state index in [9.17, 15) is 9.59 Å². The molecule has 0 atom stereocenters. The van der Waals surface area contributed by atoms with Crippen LogP contribution in [0.25, 0.3) is 0 Å². The highest BCUT2D eigenvalue weighted by molar-refractivity contribution is 5.99. The minimum Gasteiger partial charge on any atom is -0.368 e. The van der Waals surface area contributed by atoms with Gasteiger partial charge in [0.15, 0.2) is 0 Å². The lowest BCUT2D eigenvalue weighted by Gasteiger charge is -2.36. The van der Waals surface area contributed by atoms with E-state index in [4.69, 9.17) is 0 Å². The summed E-state index contributed by atoms with van der Waals surface area (Å²) in [5.41, 5.74) is 1.78. The molecular weight excluding hydrogens is 378 g/mol. The van der Waals surface area contributed by atoms with Gasteiger partial charge in [0.2, 0.25) is 5.91 Å². The normalized spacial score (nSPS) is 16.6. The predicted molar refractivity (Wildman–Crippen MR) is 118 cm³/mol. The maximum atomic E-state index is 12.7. The Balaban J connectivity index is 1.24. The molecule has 2 fully saturated rings. The van der Waals surface area contributed by atoms with Gasteiger partial charge in [-0.15, -0.1) is 0 Å². The maximum Gasteiger partial charge on any atom is 0.255 e. The lowest BCUT2D eigenvalue weighted by molar-refractivity contribution is -0.131. The van der Waals surface area contributed by atoms with Crippen molar-refractivity contribution in [2.75, 3.05) is 55.6 Å². The average molecular weight is 408 g/mol. The first-order valence-electron chi connectivity index (χ1n) is 10.8. The van der Waals surface area contributed by atoms with Crippen molar-refractivity contribution in [3.63, 3.8) is 0 Å². The summed E-state index contributed by atoms with van der Waals surface area (Å²) >= 11 is 0. The van der Waals surface area contributed by atoms with Crippen LogP contribution in [0.1, 0.15) is 29.6 Å². The largest absolute Gasteiger partial charge is 0.368 e. The molecule has 2 amide bonds. The van der Waals surface area contributed by atoms with E-state index in [1.165, 1.54) is 5.69 Å². The van der Waals surface area contributed by atoms with Gasteiger partial charge in [0.1, 0.15) is 5.82 Å². The summed E-state index contributed by atoms with van der Waals surface area (Å²) in [6.07, 6.45) is 4.30. The maximum absolute atomic E-state index is 12.7. The van der Waals surface area contributed by atoms with Crippen molar-refractivity contribution in [2.24, 2.45) is 0 Å². The standard InChI is InChI=1S/C23H29N5O2/c29-21(27-17-15-26(16-18-27)19-7-2-1-3-8-19)10-12-25-23(30)20-9-6-11-24-22(20)28-13-4-5-14-28/h1-3,6-9,11H,4-5,10,12-18H2,(H,25,30). The van der Waals surface area contributed by atoms with E-state index >= 15 is 0 Å². The molecule has 2 aliphatic rings. The molecule has 2 saturated heterocycles. The van der Waals surface area contributed by atoms with Gasteiger partial charge in [-0.05, 0) is 37.1 Å². The van der Waals surface area contributed by atoms with Gasteiger partial charge in [0, 0.05) is 64.1 Å². The van der Waals surface area contributed by atoms with Crippen molar-refractivity contribution < 1.29 is 9.59 Å². The Bertz CT molecular complexity index is 859. The molecule has 1 aromatic heterocycles. The lowest BCUT2D eigenvalue weighted by atomic mass is 10.2. The van der Waals surface area contributed by atoms with Crippen LogP contribution in [0.15, 0.2) is 48.7 Å². The second-order valence-corrected chi connectivity index (χ2v) is 7.78. The van der Waals surface area contributed by atoms with E-state index in [0.29, 0.717) is 31.6 Å². The summed E-state index contributed by atoms with van der Waals surface area (Å²) in [6, 6.07) is 13.9. The van der Waals surface area contributed by atoms with Crippen LogP contribution in [0.4, 0.5) is 11.5 Å². The van der Waals surface area contributed by atoms with E-state index in [-0.39, 0.29) is 11.8 Å². The monoisotopic (exact) mass is 407 g/mol. The van der Waals surface area contributed by atoms with Crippen LogP contribution in [0.5, 0.6) is 0 Å². The number of carbonyl (C=O) groups excluding carboxylic acids is 2. The number of piperazine rings is 1. The SMILES string of the molecule is O=C(NCCC(=O)N1CCN(c2ccccc2)CC1)c1cccnc1N1CCCC1. The number of carbonyl (C=O) groups is 2. The summed E-state index contributed by atoms with van der Waals surface area (Å²) < 4.78 is 0. The van der Waals surface area contributed by atoms with E-state index in [2.05, 4.69) is 32.2 Å². The number of hydrogen-bond donors (Lipinski definition) is 1. The Hall–Kier alpha value is -3.09. The second kappa shape index (κ2) is 9.61. The van der Waals surface area contributed by atoms with Gasteiger partial charge >= 0.3 is 0 Å². The Morgan fingerprint density at radius 2 is 1.60 bits per heavy atom. The molecule has 0 aliphatic carbocycles. The van der Waals surface area contributed by atoms with Gasteiger partial charge in [-0.2, -0.15) is 0 Å². The molecule has 158 valence electrons. The molecule has 0 spiro atoms. The van der Waals surface area contributed by atoms with Crippen LogP contribution < -0.4 is 15.1 Å². The van der Waals surface area contributed by atoms with Crippen molar-refractivity contribution in [1.29, 1.82) is 0 Å². The molecule has 3 heterocycles. The molecule has 0 bridgehead atoms. The van der Waals surface area contributed by atoms with Crippen LogP contribution in [0, 0.1) is 0 Å². The lowest BCUT2D eigenvalue weighted by Crippen LogP contribution is -2.49. The predicted octanol–water partition coefficient (Wildman–Crippen LogP) is 2.15. The third-order valence-corrected chi connectivity index (χ3v) is 5.82. The number of benzene rings is 1. The molecule has 1 N–H and O–H groups in total. The highest BCUT2D eigenvalue weighted by Crippen LogP contribution is 2.22. The van der Waals surface area contributed by atoms with Crippen LogP contribution in [0.3, 0.4) is 0 Å². The van der Waals surface area contributed by atoms with E-state index in [1.807, 2.05) is 23.1 Å². The molecule has 0 saturated carbocycles. The minimum absolute atomic E-state index is 0.0916. The Labute approximate surface area is 177 Å². The number of anilines is 2. The van der Waals surface area contributed by atoms with Gasteiger partial charge in [-0.1, -0.05) is 18.2 Å². The molecular formula is C23H29N5O2. The fourth-order valence-electron chi connectivity index (χ4n) is 4.14. The van der Waals surface area contributed by atoms with E-state index < -0.39 is 0 Å². The summed E-state index contributed by atoms with van der Waals surface area (Å²) in [5.74, 6) is 0.677. The molecule has 0 radical (unpaired) electrons. The third kappa shape index (κ3) is 4.72. The highest BCUT2D eigenvalue weighted by atomic mass is 16.2. The first-order chi connectivity index (χ1) is 14.7. The van der Waals surface area contributed by atoms with Crippen molar-refractivity contribution in [3.8, 4) is 0 Å². The van der Waals surface area contributed by atoms with Crippen LogP contribution in [-0.2, 0) is 4.79 Å². The van der Waals surface area contributed by atoms with Gasteiger partial charge in [-0.25, -0.2) is 4.98 Å². The van der Waals surface area contributed by atoms with E-state index in [0.717, 1.165) is 44.8 Å². The quantitative estimate of drug-likeness (QED) is 0.795. The number of pyridine rings is 1. The van der Waals surface area contributed by atoms with E-state index in [1.54, 1.807) is 18.3 Å². The van der Waals surface area contributed by atoms with Gasteiger partial charge in [0.25, 0.3) is 5.91 Å². The van der Waals surface area contributed by atoms with Crippen molar-refractivity contribution in [2.45, 2.75) is 19.3 Å². The molecule has 7 heteroatoms. The summed E-state index contributed by atoms with van der Waals surface area (Å²) in [6.45, 7) is 5.29. The zero-order chi connectivity index (χ0) is 20.8. The fourth-order valence-corrected chi connectivity index (χ4v) is 4.14. The smallest absolute Gasteiger partial charge is 0.255 e. The first kappa shape index (κ1) is 20.2. The van der Waals surface area contributed by atoms with Crippen molar-refractivity contribution >= 4 is 23.3 Å². The number of para-hydroxylation sites is 1. The van der Waals surface area contributed by atoms with Crippen LogP contribution in [0.2, 0.25) is 0 Å². The average Bonchev–Trinajstić information content (AvgIpc) is 3.34. The molecule has 7 nitrogen and oxygen atoms in total. The third-order valence-electron chi connectivity index (χ3n) is 5.82. The Morgan fingerprint density at radius 1 is 0.867 bits per heavy atom. The number of rotatable bonds is 6. The molecule has 2 aromatic rings. The molecule has 4 rings (SSSR count). The summed E-state index contributed by atoms with van der Waals surface area (Å²) in [4.78, 5) is 36.0. The summed E-state index contributed by atoms with van der Waals surface area (Å²) in [5, 5.41) is 2.90. The van der Waals surface area contributed by atoms with Crippen molar-refractivity contribution in [3.05, 3.63) is 54.2 Å². The summed E-state index contributed by atoms with van der Waals surface area (Å²) in [7, 11) is 0. The number of aromatic nitrogens is 1. The molecule has 2 aliphatic heterocycles. The molecule has 0 unspecified atom stereocenters. The zero-order valence-electron chi connectivity index (χ0n) is 17.3. The number of nitrogens with one attached hydrogen (secondary N) is 1. The van der Waals surface area contributed by atoms with Crippen molar-refractivity contribution in [1.82, 2.24) is 15.2 Å². The second-order valence-electron chi connectivity index (χ2n) is 7.78. The Morgan fingerprint density at radius 3 is 2.33 bits per heavy atom. The molecule has 1 aromatic carbocycles. The van der Waals surface area contributed by atoms with Crippen LogP contribution >= 0.6 is 0 Å². The number of hydrogen-bond acceptors (Lipinski definition) is 5. The Kier molecular flexibility index (Phi) is 6.47. The zero-order valence-corrected chi connectivity index (χ0v) is 17.3. The number of nitrogens with zero attached hydrogens (tertiary/aromatic N) is 4. The van der Waals surface area contributed by atoms with Gasteiger partial charge < -0.3 is 20.0 Å². The van der Waals surface area contributed by atoms with Gasteiger partial charge in [0.05, 0.1) is 5.56 Å². The number of amides is 2. The highest BCUT2D eigenvalue weighted by Gasteiger charge is 2.22.